The number of hydrogen-bond acceptors (Lipinski definition) is 2. The average Bonchev–Trinajstić information content (AvgIpc) is 2.51. The van der Waals surface area contributed by atoms with Crippen LogP contribution in [0.4, 0.5) is 0 Å². The summed E-state index contributed by atoms with van der Waals surface area (Å²) in [6.07, 6.45) is 5.48. The first-order valence-electron chi connectivity index (χ1n) is 9.33. The van der Waals surface area contributed by atoms with Crippen LogP contribution < -0.4 is 5.32 Å². The van der Waals surface area contributed by atoms with Gasteiger partial charge in [0.05, 0.1) is 5.37 Å². The van der Waals surface area contributed by atoms with Gasteiger partial charge in [0.2, 0.25) is 0 Å². The van der Waals surface area contributed by atoms with Crippen LogP contribution in [0.15, 0.2) is 43.0 Å². The van der Waals surface area contributed by atoms with E-state index in [1.165, 1.54) is 29.5 Å². The number of hydrogen-bond donors (Lipinski definition) is 1. The minimum atomic E-state index is 0.0926. The molecule has 1 N–H and O–H groups in total. The lowest BCUT2D eigenvalue weighted by atomic mass is 9.85. The highest BCUT2D eigenvalue weighted by Gasteiger charge is 2.19. The molecule has 0 aliphatic rings. The monoisotopic (exact) mass is 359 g/mol. The summed E-state index contributed by atoms with van der Waals surface area (Å²) in [5.41, 5.74) is 4.20. The first kappa shape index (κ1) is 22.1. The summed E-state index contributed by atoms with van der Waals surface area (Å²) < 4.78 is 0. The van der Waals surface area contributed by atoms with Gasteiger partial charge in [0.15, 0.2) is 0 Å². The van der Waals surface area contributed by atoms with E-state index < -0.39 is 0 Å². The number of benzene rings is 1. The van der Waals surface area contributed by atoms with Gasteiger partial charge in [-0.3, -0.25) is 5.32 Å². The van der Waals surface area contributed by atoms with Crippen LogP contribution in [-0.2, 0) is 0 Å². The number of rotatable bonds is 9. The molecule has 1 aromatic rings. The lowest BCUT2D eigenvalue weighted by Crippen LogP contribution is -2.37. The molecule has 0 spiro atoms. The molecular weight excluding hydrogens is 322 g/mol. The third-order valence-electron chi connectivity index (χ3n) is 4.26. The summed E-state index contributed by atoms with van der Waals surface area (Å²) in [7, 11) is 0. The van der Waals surface area contributed by atoms with E-state index in [0.717, 1.165) is 12.2 Å². The van der Waals surface area contributed by atoms with Crippen LogP contribution in [0.1, 0.15) is 77.3 Å². The zero-order valence-corrected chi connectivity index (χ0v) is 17.9. The van der Waals surface area contributed by atoms with Crippen molar-refractivity contribution < 1.29 is 0 Å². The molecule has 0 aliphatic carbocycles. The molecule has 0 saturated carbocycles. The van der Waals surface area contributed by atoms with Gasteiger partial charge < -0.3 is 0 Å². The number of nitrogens with one attached hydrogen (secondary N) is 1. The van der Waals surface area contributed by atoms with E-state index in [1.54, 1.807) is 0 Å². The molecule has 0 aromatic heterocycles. The van der Waals surface area contributed by atoms with Crippen molar-refractivity contribution in [3.8, 4) is 0 Å². The molecule has 0 amide bonds. The fraction of sp³-hybridized carbons (Fsp3) is 0.565. The van der Waals surface area contributed by atoms with Crippen molar-refractivity contribution in [1.82, 2.24) is 5.32 Å². The second kappa shape index (κ2) is 9.64. The van der Waals surface area contributed by atoms with Gasteiger partial charge in [-0.05, 0) is 62.3 Å². The summed E-state index contributed by atoms with van der Waals surface area (Å²) in [4.78, 5) is 0. The average molecular weight is 360 g/mol. The third-order valence-corrected chi connectivity index (χ3v) is 5.50. The van der Waals surface area contributed by atoms with E-state index in [4.69, 9.17) is 0 Å². The van der Waals surface area contributed by atoms with Crippen molar-refractivity contribution in [3.05, 3.63) is 54.1 Å². The van der Waals surface area contributed by atoms with Gasteiger partial charge >= 0.3 is 0 Å². The Labute approximate surface area is 160 Å². The topological polar surface area (TPSA) is 12.0 Å². The van der Waals surface area contributed by atoms with Crippen LogP contribution in [0.3, 0.4) is 0 Å². The van der Waals surface area contributed by atoms with E-state index in [1.807, 2.05) is 17.8 Å². The summed E-state index contributed by atoms with van der Waals surface area (Å²) in [6, 6.07) is 8.73. The van der Waals surface area contributed by atoms with E-state index in [2.05, 4.69) is 84.3 Å². The molecular formula is C23H37NS. The highest BCUT2D eigenvalue weighted by molar-refractivity contribution is 7.99. The van der Waals surface area contributed by atoms with Gasteiger partial charge in [0.25, 0.3) is 0 Å². The molecule has 1 rings (SSSR count). The molecule has 0 fully saturated rings. The van der Waals surface area contributed by atoms with Crippen LogP contribution in [0.25, 0.3) is 6.08 Å². The SMILES string of the molecule is C=Cc1ccc(C(NC(C)(C)C)SCCCCC(=C)C(C)(C)C)cc1. The molecule has 140 valence electrons. The first-order chi connectivity index (χ1) is 11.5. The fourth-order valence-corrected chi connectivity index (χ4v) is 3.83. The minimum Gasteiger partial charge on any atom is -0.297 e. The summed E-state index contributed by atoms with van der Waals surface area (Å²) in [6.45, 7) is 21.5. The molecule has 0 radical (unpaired) electrons. The largest absolute Gasteiger partial charge is 0.297 e. The van der Waals surface area contributed by atoms with Gasteiger partial charge in [-0.15, -0.1) is 11.8 Å². The second-order valence-corrected chi connectivity index (χ2v) is 10.0. The maximum absolute atomic E-state index is 4.24. The van der Waals surface area contributed by atoms with E-state index in [0.29, 0.717) is 5.37 Å². The molecule has 1 nitrogen and oxygen atoms in total. The first-order valence-corrected chi connectivity index (χ1v) is 10.4. The summed E-state index contributed by atoms with van der Waals surface area (Å²) in [5.74, 6) is 1.16. The molecule has 1 atom stereocenters. The minimum absolute atomic E-state index is 0.0926. The summed E-state index contributed by atoms with van der Waals surface area (Å²) >= 11 is 2.01. The van der Waals surface area contributed by atoms with Crippen molar-refractivity contribution >= 4 is 17.8 Å². The Hall–Kier alpha value is -0.990. The Kier molecular flexibility index (Phi) is 8.50. The smallest absolute Gasteiger partial charge is 0.0793 e. The van der Waals surface area contributed by atoms with Gasteiger partial charge in [-0.2, -0.15) is 0 Å². The lowest BCUT2D eigenvalue weighted by Gasteiger charge is -2.29. The van der Waals surface area contributed by atoms with Crippen molar-refractivity contribution in [2.75, 3.05) is 5.75 Å². The molecule has 0 heterocycles. The van der Waals surface area contributed by atoms with Crippen LogP contribution >= 0.6 is 11.8 Å². The van der Waals surface area contributed by atoms with Gasteiger partial charge in [-0.25, -0.2) is 0 Å². The Bertz CT molecular complexity index is 543. The Morgan fingerprint density at radius 3 is 2.16 bits per heavy atom. The zero-order valence-electron chi connectivity index (χ0n) is 17.1. The van der Waals surface area contributed by atoms with Crippen LogP contribution in [0, 0.1) is 5.41 Å². The number of thioether (sulfide) groups is 1. The lowest BCUT2D eigenvalue weighted by molar-refractivity contribution is 0.418. The van der Waals surface area contributed by atoms with Gasteiger partial charge in [0.1, 0.15) is 0 Å². The van der Waals surface area contributed by atoms with E-state index in [-0.39, 0.29) is 11.0 Å². The maximum atomic E-state index is 4.24. The summed E-state index contributed by atoms with van der Waals surface area (Å²) in [5, 5.41) is 4.08. The highest BCUT2D eigenvalue weighted by Crippen LogP contribution is 2.31. The normalized spacial score (nSPS) is 13.5. The number of allylic oxidation sites excluding steroid dienone is 1. The fourth-order valence-electron chi connectivity index (χ4n) is 2.44. The van der Waals surface area contributed by atoms with Crippen LogP contribution in [0.2, 0.25) is 0 Å². The van der Waals surface area contributed by atoms with Crippen molar-refractivity contribution in [3.63, 3.8) is 0 Å². The van der Waals surface area contributed by atoms with Crippen molar-refractivity contribution in [2.45, 2.75) is 71.7 Å². The molecule has 1 unspecified atom stereocenters. The molecule has 0 aliphatic heterocycles. The molecule has 1 aromatic carbocycles. The predicted octanol–water partition coefficient (Wildman–Crippen LogP) is 7.22. The van der Waals surface area contributed by atoms with Crippen molar-refractivity contribution in [1.29, 1.82) is 0 Å². The van der Waals surface area contributed by atoms with E-state index in [9.17, 15) is 0 Å². The Balaban J connectivity index is 2.57. The second-order valence-electron chi connectivity index (χ2n) is 8.83. The molecule has 2 heteroatoms. The Morgan fingerprint density at radius 1 is 1.08 bits per heavy atom. The third kappa shape index (κ3) is 8.78. The van der Waals surface area contributed by atoms with Gasteiger partial charge in [0, 0.05) is 5.54 Å². The maximum Gasteiger partial charge on any atom is 0.0793 e. The van der Waals surface area contributed by atoms with Gasteiger partial charge in [-0.1, -0.05) is 69.8 Å². The Morgan fingerprint density at radius 2 is 1.68 bits per heavy atom. The van der Waals surface area contributed by atoms with Crippen LogP contribution in [-0.4, -0.2) is 11.3 Å². The predicted molar refractivity (Wildman–Crippen MR) is 117 cm³/mol. The van der Waals surface area contributed by atoms with Crippen molar-refractivity contribution in [2.24, 2.45) is 5.41 Å². The van der Waals surface area contributed by atoms with E-state index >= 15 is 0 Å². The molecule has 0 bridgehead atoms. The highest BCUT2D eigenvalue weighted by atomic mass is 32.2. The van der Waals surface area contributed by atoms with Crippen LogP contribution in [0.5, 0.6) is 0 Å². The molecule has 0 saturated heterocycles. The number of unbranched alkanes of at least 4 members (excludes halogenated alkanes) is 1. The standard InChI is InChI=1S/C23H37NS/c1-9-19-13-15-20(16-14-19)21(24-23(6,7)8)25-17-11-10-12-18(2)22(3,4)5/h9,13-16,21,24H,1-2,10-12,17H2,3-8H3. The zero-order chi connectivity index (χ0) is 19.1. The quantitative estimate of drug-likeness (QED) is 0.284. The molecule has 25 heavy (non-hydrogen) atoms.